The fourth-order valence-electron chi connectivity index (χ4n) is 3.08. The molecular weight excluding hydrogens is 280 g/mol. The van der Waals surface area contributed by atoms with Gasteiger partial charge in [0.1, 0.15) is 6.10 Å². The van der Waals surface area contributed by atoms with Gasteiger partial charge in [0, 0.05) is 5.70 Å². The van der Waals surface area contributed by atoms with Crippen molar-refractivity contribution in [1.29, 1.82) is 0 Å². The molecule has 0 radical (unpaired) electrons. The highest BCUT2D eigenvalue weighted by Gasteiger charge is 2.33. The van der Waals surface area contributed by atoms with Crippen molar-refractivity contribution in [2.24, 2.45) is 0 Å². The summed E-state index contributed by atoms with van der Waals surface area (Å²) in [7, 11) is 0. The molecular formula is C17H20N2O3. The number of hydrogen-bond acceptors (Lipinski definition) is 3. The van der Waals surface area contributed by atoms with Gasteiger partial charge in [0.2, 0.25) is 0 Å². The lowest BCUT2D eigenvalue weighted by molar-refractivity contribution is -0.144. The monoisotopic (exact) mass is 300 g/mol. The van der Waals surface area contributed by atoms with Gasteiger partial charge in [0.05, 0.1) is 11.6 Å². The molecule has 5 heteroatoms. The summed E-state index contributed by atoms with van der Waals surface area (Å²) in [6, 6.07) is 8.70. The Labute approximate surface area is 129 Å². The lowest BCUT2D eigenvalue weighted by Gasteiger charge is -2.28. The molecule has 1 aromatic carbocycles. The second kappa shape index (κ2) is 6.22. The molecule has 1 fully saturated rings. The summed E-state index contributed by atoms with van der Waals surface area (Å²) in [4.78, 5) is 24.3. The number of rotatable bonds is 3. The number of esters is 1. The van der Waals surface area contributed by atoms with E-state index in [0.717, 1.165) is 31.2 Å². The number of allylic oxidation sites excluding steroid dienone is 1. The zero-order valence-corrected chi connectivity index (χ0v) is 12.6. The molecule has 0 bridgehead atoms. The summed E-state index contributed by atoms with van der Waals surface area (Å²) in [6.45, 7) is 1.74. The standard InChI is InChI=1S/C17H20N2O3/c1-11-14(16(20)22-13-9-5-6-10-13)15(19-17(21)18-11)12-7-3-2-4-8-12/h2-4,7-8,13,15H,5-6,9-10H2,1H3,(H2,18,19,21). The van der Waals surface area contributed by atoms with Crippen molar-refractivity contribution in [3.8, 4) is 0 Å². The van der Waals surface area contributed by atoms with Gasteiger partial charge < -0.3 is 15.4 Å². The summed E-state index contributed by atoms with van der Waals surface area (Å²) in [5, 5.41) is 5.47. The zero-order chi connectivity index (χ0) is 15.5. The van der Waals surface area contributed by atoms with E-state index in [9.17, 15) is 9.59 Å². The Morgan fingerprint density at radius 3 is 2.55 bits per heavy atom. The van der Waals surface area contributed by atoms with Crippen LogP contribution in [0.25, 0.3) is 0 Å². The van der Waals surface area contributed by atoms with Crippen LogP contribution in [0.1, 0.15) is 44.2 Å². The predicted molar refractivity (Wildman–Crippen MR) is 81.9 cm³/mol. The third-order valence-corrected chi connectivity index (χ3v) is 4.20. The van der Waals surface area contributed by atoms with Crippen LogP contribution in [0.5, 0.6) is 0 Å². The molecule has 5 nitrogen and oxygen atoms in total. The van der Waals surface area contributed by atoms with Gasteiger partial charge in [-0.3, -0.25) is 0 Å². The van der Waals surface area contributed by atoms with Gasteiger partial charge in [-0.25, -0.2) is 9.59 Å². The number of hydrogen-bond donors (Lipinski definition) is 2. The molecule has 1 unspecified atom stereocenters. The molecule has 116 valence electrons. The quantitative estimate of drug-likeness (QED) is 0.843. The summed E-state index contributed by atoms with van der Waals surface area (Å²) in [6.07, 6.45) is 4.06. The molecule has 2 aliphatic rings. The largest absolute Gasteiger partial charge is 0.459 e. The fourth-order valence-corrected chi connectivity index (χ4v) is 3.08. The summed E-state index contributed by atoms with van der Waals surface area (Å²) in [5.74, 6) is -0.342. The van der Waals surface area contributed by atoms with Crippen LogP contribution in [0.3, 0.4) is 0 Å². The Morgan fingerprint density at radius 1 is 1.18 bits per heavy atom. The minimum atomic E-state index is -0.469. The SMILES string of the molecule is CC1=C(C(=O)OC2CCCC2)C(c2ccccc2)NC(=O)N1. The smallest absolute Gasteiger partial charge is 0.338 e. The van der Waals surface area contributed by atoms with Crippen LogP contribution in [-0.2, 0) is 9.53 Å². The summed E-state index contributed by atoms with van der Waals surface area (Å²) >= 11 is 0. The van der Waals surface area contributed by atoms with Crippen LogP contribution < -0.4 is 10.6 Å². The van der Waals surface area contributed by atoms with Crippen molar-refractivity contribution in [1.82, 2.24) is 10.6 Å². The lowest BCUT2D eigenvalue weighted by Crippen LogP contribution is -2.45. The Kier molecular flexibility index (Phi) is 4.13. The number of carbonyl (C=O) groups excluding carboxylic acids is 2. The number of urea groups is 1. The highest BCUT2D eigenvalue weighted by molar-refractivity contribution is 5.95. The van der Waals surface area contributed by atoms with Crippen molar-refractivity contribution in [2.75, 3.05) is 0 Å². The van der Waals surface area contributed by atoms with Crippen LogP contribution >= 0.6 is 0 Å². The molecule has 0 aromatic heterocycles. The van der Waals surface area contributed by atoms with Crippen molar-refractivity contribution in [3.63, 3.8) is 0 Å². The van der Waals surface area contributed by atoms with E-state index in [-0.39, 0.29) is 18.1 Å². The van der Waals surface area contributed by atoms with Crippen LogP contribution in [0, 0.1) is 0 Å². The number of carbonyl (C=O) groups is 2. The highest BCUT2D eigenvalue weighted by atomic mass is 16.5. The highest BCUT2D eigenvalue weighted by Crippen LogP contribution is 2.29. The Morgan fingerprint density at radius 2 is 1.86 bits per heavy atom. The first kappa shape index (κ1) is 14.6. The van der Waals surface area contributed by atoms with Crippen molar-refractivity contribution < 1.29 is 14.3 Å². The van der Waals surface area contributed by atoms with Gasteiger partial charge in [0.15, 0.2) is 0 Å². The summed E-state index contributed by atoms with van der Waals surface area (Å²) < 4.78 is 5.62. The van der Waals surface area contributed by atoms with E-state index in [2.05, 4.69) is 10.6 Å². The first-order valence-corrected chi connectivity index (χ1v) is 7.69. The topological polar surface area (TPSA) is 67.4 Å². The van der Waals surface area contributed by atoms with Gasteiger partial charge in [-0.05, 0) is 38.2 Å². The first-order chi connectivity index (χ1) is 10.6. The third-order valence-electron chi connectivity index (χ3n) is 4.20. The van der Waals surface area contributed by atoms with Crippen LogP contribution in [0.15, 0.2) is 41.6 Å². The first-order valence-electron chi connectivity index (χ1n) is 7.69. The molecule has 1 saturated carbocycles. The average molecular weight is 300 g/mol. The Hall–Kier alpha value is -2.30. The normalized spacial score (nSPS) is 22.2. The van der Waals surface area contributed by atoms with Crippen LogP contribution in [-0.4, -0.2) is 18.1 Å². The number of ether oxygens (including phenoxy) is 1. The molecule has 22 heavy (non-hydrogen) atoms. The van der Waals surface area contributed by atoms with Crippen molar-refractivity contribution >= 4 is 12.0 Å². The fraction of sp³-hybridized carbons (Fsp3) is 0.412. The molecule has 1 aliphatic carbocycles. The number of benzene rings is 1. The molecule has 0 saturated heterocycles. The van der Waals surface area contributed by atoms with Crippen molar-refractivity contribution in [2.45, 2.75) is 44.8 Å². The van der Waals surface area contributed by atoms with E-state index in [1.165, 1.54) is 0 Å². The molecule has 1 heterocycles. The maximum Gasteiger partial charge on any atom is 0.338 e. The molecule has 2 amide bonds. The van der Waals surface area contributed by atoms with E-state index >= 15 is 0 Å². The van der Waals surface area contributed by atoms with Gasteiger partial charge in [0.25, 0.3) is 0 Å². The molecule has 2 N–H and O–H groups in total. The predicted octanol–water partition coefficient (Wildman–Crippen LogP) is 2.80. The van der Waals surface area contributed by atoms with E-state index in [1.807, 2.05) is 30.3 Å². The second-order valence-corrected chi connectivity index (χ2v) is 5.79. The Balaban J connectivity index is 1.88. The van der Waals surface area contributed by atoms with Crippen LogP contribution in [0.2, 0.25) is 0 Å². The molecule has 3 rings (SSSR count). The average Bonchev–Trinajstić information content (AvgIpc) is 3.00. The Bertz CT molecular complexity index is 604. The van der Waals surface area contributed by atoms with E-state index in [1.54, 1.807) is 6.92 Å². The third kappa shape index (κ3) is 2.98. The number of nitrogens with one attached hydrogen (secondary N) is 2. The van der Waals surface area contributed by atoms with E-state index < -0.39 is 6.04 Å². The van der Waals surface area contributed by atoms with Gasteiger partial charge in [-0.2, -0.15) is 0 Å². The van der Waals surface area contributed by atoms with Crippen molar-refractivity contribution in [3.05, 3.63) is 47.2 Å². The van der Waals surface area contributed by atoms with E-state index in [0.29, 0.717) is 11.3 Å². The maximum atomic E-state index is 12.6. The zero-order valence-electron chi connectivity index (χ0n) is 12.6. The maximum absolute atomic E-state index is 12.6. The second-order valence-electron chi connectivity index (χ2n) is 5.79. The minimum absolute atomic E-state index is 0.00171. The number of amides is 2. The summed E-state index contributed by atoms with van der Waals surface area (Å²) in [5.41, 5.74) is 1.91. The molecule has 1 atom stereocenters. The molecule has 1 aliphatic heterocycles. The van der Waals surface area contributed by atoms with E-state index in [4.69, 9.17) is 4.74 Å². The van der Waals surface area contributed by atoms with Gasteiger partial charge in [-0.1, -0.05) is 30.3 Å². The molecule has 1 aromatic rings. The van der Waals surface area contributed by atoms with Gasteiger partial charge in [-0.15, -0.1) is 0 Å². The lowest BCUT2D eigenvalue weighted by atomic mass is 9.95. The van der Waals surface area contributed by atoms with Crippen LogP contribution in [0.4, 0.5) is 4.79 Å². The molecule has 0 spiro atoms. The minimum Gasteiger partial charge on any atom is -0.459 e. The van der Waals surface area contributed by atoms with Gasteiger partial charge >= 0.3 is 12.0 Å².